The second-order valence-corrected chi connectivity index (χ2v) is 3.79. The van der Waals surface area contributed by atoms with Gasteiger partial charge in [0.2, 0.25) is 0 Å². The van der Waals surface area contributed by atoms with Crippen molar-refractivity contribution in [3.8, 4) is 11.3 Å². The SMILES string of the molecule is Cc1cnn2cc(-c3ccccn3)ccc12. The molecule has 3 rings (SSSR count). The fraction of sp³-hybridized carbons (Fsp3) is 0.0769. The van der Waals surface area contributed by atoms with Crippen molar-refractivity contribution in [2.75, 3.05) is 0 Å². The number of rotatable bonds is 1. The Balaban J connectivity index is 2.19. The summed E-state index contributed by atoms with van der Waals surface area (Å²) in [5, 5.41) is 4.29. The zero-order chi connectivity index (χ0) is 11.0. The van der Waals surface area contributed by atoms with Crippen LogP contribution < -0.4 is 0 Å². The number of aromatic nitrogens is 3. The minimum atomic E-state index is 0.970. The maximum atomic E-state index is 4.32. The first-order chi connectivity index (χ1) is 7.84. The molecule has 0 unspecified atom stereocenters. The van der Waals surface area contributed by atoms with Crippen LogP contribution in [0.15, 0.2) is 48.9 Å². The van der Waals surface area contributed by atoms with Gasteiger partial charge in [-0.25, -0.2) is 4.52 Å². The van der Waals surface area contributed by atoms with Gasteiger partial charge in [0.1, 0.15) is 0 Å². The van der Waals surface area contributed by atoms with E-state index in [-0.39, 0.29) is 0 Å². The van der Waals surface area contributed by atoms with E-state index >= 15 is 0 Å². The molecule has 3 nitrogen and oxygen atoms in total. The Morgan fingerprint density at radius 3 is 2.88 bits per heavy atom. The lowest BCUT2D eigenvalue weighted by atomic mass is 10.2. The number of fused-ring (bicyclic) bond motifs is 1. The molecule has 0 radical (unpaired) electrons. The van der Waals surface area contributed by atoms with Crippen molar-refractivity contribution < 1.29 is 0 Å². The number of nitrogens with zero attached hydrogens (tertiary/aromatic N) is 3. The molecule has 0 atom stereocenters. The second kappa shape index (κ2) is 3.45. The molecule has 3 heteroatoms. The zero-order valence-corrected chi connectivity index (χ0v) is 8.96. The van der Waals surface area contributed by atoms with Gasteiger partial charge in [0.15, 0.2) is 0 Å². The largest absolute Gasteiger partial charge is 0.256 e. The molecule has 0 aliphatic carbocycles. The van der Waals surface area contributed by atoms with Crippen LogP contribution in [0, 0.1) is 6.92 Å². The first-order valence-electron chi connectivity index (χ1n) is 5.20. The first-order valence-corrected chi connectivity index (χ1v) is 5.20. The second-order valence-electron chi connectivity index (χ2n) is 3.79. The van der Waals surface area contributed by atoms with E-state index < -0.39 is 0 Å². The lowest BCUT2D eigenvalue weighted by Gasteiger charge is -2.01. The number of hydrogen-bond donors (Lipinski definition) is 0. The molecule has 0 amide bonds. The van der Waals surface area contributed by atoms with E-state index in [1.54, 1.807) is 6.20 Å². The van der Waals surface area contributed by atoms with E-state index in [0.717, 1.165) is 16.8 Å². The summed E-state index contributed by atoms with van der Waals surface area (Å²) in [6.07, 6.45) is 5.68. The molecule has 3 heterocycles. The van der Waals surface area contributed by atoms with E-state index in [2.05, 4.69) is 29.1 Å². The number of hydrogen-bond acceptors (Lipinski definition) is 2. The van der Waals surface area contributed by atoms with Gasteiger partial charge in [0.25, 0.3) is 0 Å². The highest BCUT2D eigenvalue weighted by molar-refractivity contribution is 5.63. The van der Waals surface area contributed by atoms with Crippen molar-refractivity contribution in [2.45, 2.75) is 6.92 Å². The highest BCUT2D eigenvalue weighted by Gasteiger charge is 2.02. The predicted octanol–water partition coefficient (Wildman–Crippen LogP) is 2.70. The molecule has 0 bridgehead atoms. The molecule has 0 spiro atoms. The average molecular weight is 209 g/mol. The summed E-state index contributed by atoms with van der Waals surface area (Å²) in [5.74, 6) is 0. The van der Waals surface area contributed by atoms with Crippen molar-refractivity contribution >= 4 is 5.52 Å². The molecular formula is C13H11N3. The van der Waals surface area contributed by atoms with Gasteiger partial charge in [-0.3, -0.25) is 4.98 Å². The van der Waals surface area contributed by atoms with E-state index in [1.807, 2.05) is 35.1 Å². The van der Waals surface area contributed by atoms with E-state index in [4.69, 9.17) is 0 Å². The molecule has 0 saturated heterocycles. The van der Waals surface area contributed by atoms with Crippen LogP contribution in [0.4, 0.5) is 0 Å². The third-order valence-electron chi connectivity index (χ3n) is 2.67. The lowest BCUT2D eigenvalue weighted by Crippen LogP contribution is -1.89. The summed E-state index contributed by atoms with van der Waals surface area (Å²) in [6.45, 7) is 2.06. The highest BCUT2D eigenvalue weighted by Crippen LogP contribution is 2.18. The Bertz CT molecular complexity index is 626. The summed E-state index contributed by atoms with van der Waals surface area (Å²) >= 11 is 0. The molecule has 78 valence electrons. The summed E-state index contributed by atoms with van der Waals surface area (Å²) < 4.78 is 1.89. The smallest absolute Gasteiger partial charge is 0.0717 e. The molecule has 0 aromatic carbocycles. The third-order valence-corrected chi connectivity index (χ3v) is 2.67. The van der Waals surface area contributed by atoms with Crippen molar-refractivity contribution in [3.63, 3.8) is 0 Å². The van der Waals surface area contributed by atoms with Gasteiger partial charge in [-0.1, -0.05) is 6.07 Å². The molecular weight excluding hydrogens is 198 g/mol. The number of pyridine rings is 2. The topological polar surface area (TPSA) is 30.2 Å². The van der Waals surface area contributed by atoms with Crippen LogP contribution in [0.2, 0.25) is 0 Å². The standard InChI is InChI=1S/C13H11N3/c1-10-8-15-16-9-11(5-6-13(10)16)12-4-2-3-7-14-12/h2-9H,1H3. The summed E-state index contributed by atoms with van der Waals surface area (Å²) in [7, 11) is 0. The van der Waals surface area contributed by atoms with Crippen LogP contribution in [-0.2, 0) is 0 Å². The Kier molecular flexibility index (Phi) is 1.96. The third kappa shape index (κ3) is 1.37. The molecule has 0 aliphatic rings. The Morgan fingerprint density at radius 2 is 2.06 bits per heavy atom. The van der Waals surface area contributed by atoms with Crippen LogP contribution in [-0.4, -0.2) is 14.6 Å². The Morgan fingerprint density at radius 1 is 1.12 bits per heavy atom. The normalized spacial score (nSPS) is 10.8. The van der Waals surface area contributed by atoms with Gasteiger partial charge in [0.05, 0.1) is 17.4 Å². The fourth-order valence-corrected chi connectivity index (χ4v) is 1.80. The van der Waals surface area contributed by atoms with Gasteiger partial charge in [-0.05, 0) is 36.8 Å². The predicted molar refractivity (Wildman–Crippen MR) is 63.2 cm³/mol. The van der Waals surface area contributed by atoms with E-state index in [0.29, 0.717) is 0 Å². The summed E-state index contributed by atoms with van der Waals surface area (Å²) in [4.78, 5) is 4.32. The molecule has 0 fully saturated rings. The summed E-state index contributed by atoms with van der Waals surface area (Å²) in [6, 6.07) is 10.1. The Hall–Kier alpha value is -2.16. The molecule has 0 saturated carbocycles. The van der Waals surface area contributed by atoms with Crippen molar-refractivity contribution in [1.29, 1.82) is 0 Å². The van der Waals surface area contributed by atoms with Gasteiger partial charge in [0, 0.05) is 18.0 Å². The van der Waals surface area contributed by atoms with Crippen LogP contribution >= 0.6 is 0 Å². The molecule has 0 N–H and O–H groups in total. The Labute approximate surface area is 93.4 Å². The highest BCUT2D eigenvalue weighted by atomic mass is 15.2. The summed E-state index contributed by atoms with van der Waals surface area (Å²) in [5.41, 5.74) is 4.38. The molecule has 16 heavy (non-hydrogen) atoms. The maximum Gasteiger partial charge on any atom is 0.0717 e. The first kappa shape index (κ1) is 9.09. The van der Waals surface area contributed by atoms with E-state index in [9.17, 15) is 0 Å². The van der Waals surface area contributed by atoms with Gasteiger partial charge >= 0.3 is 0 Å². The van der Waals surface area contributed by atoms with Gasteiger partial charge in [-0.2, -0.15) is 5.10 Å². The number of aryl methyl sites for hydroxylation is 1. The fourth-order valence-electron chi connectivity index (χ4n) is 1.80. The van der Waals surface area contributed by atoms with Crippen LogP contribution in [0.5, 0.6) is 0 Å². The molecule has 0 aliphatic heterocycles. The monoisotopic (exact) mass is 209 g/mol. The van der Waals surface area contributed by atoms with Crippen LogP contribution in [0.3, 0.4) is 0 Å². The quantitative estimate of drug-likeness (QED) is 0.616. The lowest BCUT2D eigenvalue weighted by molar-refractivity contribution is 0.961. The van der Waals surface area contributed by atoms with Gasteiger partial charge < -0.3 is 0 Å². The maximum absolute atomic E-state index is 4.32. The van der Waals surface area contributed by atoms with Gasteiger partial charge in [-0.15, -0.1) is 0 Å². The van der Waals surface area contributed by atoms with Crippen molar-refractivity contribution in [1.82, 2.24) is 14.6 Å². The van der Waals surface area contributed by atoms with Crippen molar-refractivity contribution in [2.24, 2.45) is 0 Å². The zero-order valence-electron chi connectivity index (χ0n) is 8.96. The molecule has 3 aromatic rings. The van der Waals surface area contributed by atoms with Crippen LogP contribution in [0.25, 0.3) is 16.8 Å². The van der Waals surface area contributed by atoms with Crippen LogP contribution in [0.1, 0.15) is 5.56 Å². The van der Waals surface area contributed by atoms with Crippen molar-refractivity contribution in [3.05, 3.63) is 54.5 Å². The minimum absolute atomic E-state index is 0.970. The molecule has 3 aromatic heterocycles. The van der Waals surface area contributed by atoms with E-state index in [1.165, 1.54) is 5.56 Å². The average Bonchev–Trinajstić information content (AvgIpc) is 2.72. The minimum Gasteiger partial charge on any atom is -0.256 e.